The molecule has 1 aromatic heterocycles. The summed E-state index contributed by atoms with van der Waals surface area (Å²) in [7, 11) is 0. The Bertz CT molecular complexity index is 654. The van der Waals surface area contributed by atoms with Crippen LogP contribution in [0.2, 0.25) is 0 Å². The molecule has 0 amide bonds. The van der Waals surface area contributed by atoms with Crippen molar-refractivity contribution in [2.45, 2.75) is 6.92 Å². The lowest BCUT2D eigenvalue weighted by Crippen LogP contribution is -1.93. The number of carbonyl (C=O) groups is 1. The molecule has 0 atom stereocenters. The van der Waals surface area contributed by atoms with Gasteiger partial charge in [-0.15, -0.1) is 0 Å². The molecule has 0 bridgehead atoms. The molecule has 2 rings (SSSR count). The lowest BCUT2D eigenvalue weighted by Gasteiger charge is -2.06. The van der Waals surface area contributed by atoms with Crippen LogP contribution in [0.5, 0.6) is 0 Å². The highest BCUT2D eigenvalue weighted by molar-refractivity contribution is 9.10. The van der Waals surface area contributed by atoms with Gasteiger partial charge < -0.3 is 5.11 Å². The largest absolute Gasteiger partial charge is 0.478 e. The molecule has 0 saturated carbocycles. The molecule has 0 aliphatic heterocycles. The normalized spacial score (nSPS) is 10.8. The number of hydrogen-bond acceptors (Lipinski definition) is 3. The van der Waals surface area contributed by atoms with Crippen LogP contribution in [-0.4, -0.2) is 21.0 Å². The minimum absolute atomic E-state index is 0.374. The molecular formula is C14H11BrN2O2. The Hall–Kier alpha value is -2.01. The smallest absolute Gasteiger partial charge is 0.328 e. The lowest BCUT2D eigenvalue weighted by molar-refractivity contribution is -0.131. The molecule has 0 fully saturated rings. The zero-order chi connectivity index (χ0) is 13.8. The number of carboxylic acids is 1. The van der Waals surface area contributed by atoms with Crippen LogP contribution in [0.15, 0.2) is 41.0 Å². The molecule has 0 radical (unpaired) electrons. The van der Waals surface area contributed by atoms with E-state index in [1.54, 1.807) is 12.3 Å². The third kappa shape index (κ3) is 3.48. The standard InChI is InChI=1S/C14H11BrN2O2/c1-9-2-3-10(15)8-11(9)12-6-7-16-13(17-12)4-5-14(18)19/h2-8H,1H3,(H,18,19)/b5-4+. The quantitative estimate of drug-likeness (QED) is 0.882. The molecule has 96 valence electrons. The highest BCUT2D eigenvalue weighted by Gasteiger charge is 2.05. The Kier molecular flexibility index (Phi) is 4.06. The van der Waals surface area contributed by atoms with Gasteiger partial charge in [0.2, 0.25) is 0 Å². The number of aryl methyl sites for hydroxylation is 1. The number of aromatic nitrogens is 2. The van der Waals surface area contributed by atoms with Crippen LogP contribution < -0.4 is 0 Å². The molecule has 4 nitrogen and oxygen atoms in total. The van der Waals surface area contributed by atoms with Crippen molar-refractivity contribution in [3.05, 3.63) is 52.4 Å². The fraction of sp³-hybridized carbons (Fsp3) is 0.0714. The van der Waals surface area contributed by atoms with Gasteiger partial charge in [0.15, 0.2) is 5.82 Å². The number of halogens is 1. The van der Waals surface area contributed by atoms with Crippen LogP contribution in [0, 0.1) is 6.92 Å². The van der Waals surface area contributed by atoms with Gasteiger partial charge >= 0.3 is 5.97 Å². The van der Waals surface area contributed by atoms with E-state index >= 15 is 0 Å². The van der Waals surface area contributed by atoms with Crippen molar-refractivity contribution >= 4 is 28.0 Å². The first-order valence-electron chi connectivity index (χ1n) is 5.57. The average molecular weight is 319 g/mol. The minimum atomic E-state index is -1.02. The molecule has 1 aromatic carbocycles. The van der Waals surface area contributed by atoms with Crippen LogP contribution in [0.25, 0.3) is 17.3 Å². The molecule has 1 N–H and O–H groups in total. The van der Waals surface area contributed by atoms with Gasteiger partial charge in [-0.25, -0.2) is 14.8 Å². The average Bonchev–Trinajstić information content (AvgIpc) is 2.39. The third-order valence-electron chi connectivity index (χ3n) is 2.52. The Morgan fingerprint density at radius 1 is 1.37 bits per heavy atom. The lowest BCUT2D eigenvalue weighted by atomic mass is 10.1. The van der Waals surface area contributed by atoms with Gasteiger partial charge in [0.05, 0.1) is 5.69 Å². The van der Waals surface area contributed by atoms with Gasteiger partial charge in [-0.2, -0.15) is 0 Å². The summed E-state index contributed by atoms with van der Waals surface area (Å²) in [6.07, 6.45) is 4.01. The topological polar surface area (TPSA) is 63.1 Å². The highest BCUT2D eigenvalue weighted by Crippen LogP contribution is 2.25. The first-order valence-corrected chi connectivity index (χ1v) is 6.36. The number of nitrogens with zero attached hydrogens (tertiary/aromatic N) is 2. The molecule has 0 unspecified atom stereocenters. The van der Waals surface area contributed by atoms with Crippen molar-refractivity contribution in [1.82, 2.24) is 9.97 Å². The first kappa shape index (κ1) is 13.4. The van der Waals surface area contributed by atoms with Gasteiger partial charge in [0.1, 0.15) is 0 Å². The Labute approximate surface area is 119 Å². The summed E-state index contributed by atoms with van der Waals surface area (Å²) in [5.41, 5.74) is 2.84. The maximum atomic E-state index is 10.5. The van der Waals surface area contributed by atoms with Crippen LogP contribution in [-0.2, 0) is 4.79 Å². The van der Waals surface area contributed by atoms with Crippen molar-refractivity contribution in [2.24, 2.45) is 0 Å². The zero-order valence-corrected chi connectivity index (χ0v) is 11.8. The predicted molar refractivity (Wildman–Crippen MR) is 76.6 cm³/mol. The molecule has 0 aliphatic carbocycles. The summed E-state index contributed by atoms with van der Waals surface area (Å²) < 4.78 is 0.967. The number of aliphatic carboxylic acids is 1. The van der Waals surface area contributed by atoms with Gasteiger partial charge in [-0.1, -0.05) is 22.0 Å². The summed E-state index contributed by atoms with van der Waals surface area (Å²) in [4.78, 5) is 18.8. The van der Waals surface area contributed by atoms with Crippen molar-refractivity contribution in [1.29, 1.82) is 0 Å². The number of benzene rings is 1. The summed E-state index contributed by atoms with van der Waals surface area (Å²) >= 11 is 3.43. The molecule has 5 heteroatoms. The van der Waals surface area contributed by atoms with Crippen molar-refractivity contribution in [3.63, 3.8) is 0 Å². The Balaban J connectivity index is 2.43. The number of rotatable bonds is 3. The van der Waals surface area contributed by atoms with E-state index < -0.39 is 5.97 Å². The number of hydrogen-bond donors (Lipinski definition) is 1. The van der Waals surface area contributed by atoms with Crippen LogP contribution in [0.4, 0.5) is 0 Å². The van der Waals surface area contributed by atoms with E-state index in [0.29, 0.717) is 5.82 Å². The summed E-state index contributed by atoms with van der Waals surface area (Å²) in [6, 6.07) is 7.73. The van der Waals surface area contributed by atoms with E-state index in [2.05, 4.69) is 25.9 Å². The van der Waals surface area contributed by atoms with E-state index in [-0.39, 0.29) is 0 Å². The van der Waals surface area contributed by atoms with Crippen molar-refractivity contribution in [3.8, 4) is 11.3 Å². The summed E-state index contributed by atoms with van der Waals surface area (Å²) in [5, 5.41) is 8.59. The van der Waals surface area contributed by atoms with Gasteiger partial charge in [-0.3, -0.25) is 0 Å². The van der Waals surface area contributed by atoms with E-state index in [0.717, 1.165) is 27.4 Å². The molecule has 0 aliphatic rings. The van der Waals surface area contributed by atoms with Crippen LogP contribution in [0.1, 0.15) is 11.4 Å². The van der Waals surface area contributed by atoms with Crippen LogP contribution >= 0.6 is 15.9 Å². The molecule has 1 heterocycles. The maximum Gasteiger partial charge on any atom is 0.328 e. The van der Waals surface area contributed by atoms with Crippen molar-refractivity contribution in [2.75, 3.05) is 0 Å². The van der Waals surface area contributed by atoms with E-state index in [4.69, 9.17) is 5.11 Å². The van der Waals surface area contributed by atoms with Gasteiger partial charge in [0.25, 0.3) is 0 Å². The Morgan fingerprint density at radius 2 is 2.16 bits per heavy atom. The fourth-order valence-electron chi connectivity index (χ4n) is 1.62. The van der Waals surface area contributed by atoms with Gasteiger partial charge in [0, 0.05) is 22.3 Å². The molecule has 19 heavy (non-hydrogen) atoms. The predicted octanol–water partition coefficient (Wildman–Crippen LogP) is 3.31. The molecule has 0 saturated heterocycles. The third-order valence-corrected chi connectivity index (χ3v) is 3.02. The van der Waals surface area contributed by atoms with Gasteiger partial charge in [-0.05, 0) is 36.8 Å². The Morgan fingerprint density at radius 3 is 2.89 bits per heavy atom. The second-order valence-electron chi connectivity index (χ2n) is 3.93. The van der Waals surface area contributed by atoms with E-state index in [1.807, 2.05) is 25.1 Å². The SMILES string of the molecule is Cc1ccc(Br)cc1-c1ccnc(/C=C/C(=O)O)n1. The zero-order valence-electron chi connectivity index (χ0n) is 10.2. The van der Waals surface area contributed by atoms with E-state index in [1.165, 1.54) is 6.08 Å². The molecule has 2 aromatic rings. The maximum absolute atomic E-state index is 10.5. The minimum Gasteiger partial charge on any atom is -0.478 e. The monoisotopic (exact) mass is 318 g/mol. The highest BCUT2D eigenvalue weighted by atomic mass is 79.9. The fourth-order valence-corrected chi connectivity index (χ4v) is 1.98. The number of carboxylic acid groups (broad SMARTS) is 1. The summed E-state index contributed by atoms with van der Waals surface area (Å²) in [5.74, 6) is -0.646. The van der Waals surface area contributed by atoms with Crippen molar-refractivity contribution < 1.29 is 9.90 Å². The van der Waals surface area contributed by atoms with E-state index in [9.17, 15) is 4.79 Å². The van der Waals surface area contributed by atoms with Crippen LogP contribution in [0.3, 0.4) is 0 Å². The second kappa shape index (κ2) is 5.75. The molecular weight excluding hydrogens is 308 g/mol. The first-order chi connectivity index (χ1) is 9.06. The molecule has 0 spiro atoms. The second-order valence-corrected chi connectivity index (χ2v) is 4.85. The summed E-state index contributed by atoms with van der Waals surface area (Å²) in [6.45, 7) is 2.00.